The SMILES string of the molecule is COC(=O)[C@@H](NC(=O)[C@H](CCSC)NC(=O)OCC1c2ccccc2-c2ccccc21)C(C)C. The first-order valence-corrected chi connectivity index (χ1v) is 12.7. The number of carbonyl (C=O) groups excluding carboxylic acids is 3. The number of fused-ring (bicyclic) bond motifs is 3. The summed E-state index contributed by atoms with van der Waals surface area (Å²) >= 11 is 1.57. The maximum atomic E-state index is 12.9. The van der Waals surface area contributed by atoms with E-state index in [0.717, 1.165) is 22.3 Å². The van der Waals surface area contributed by atoms with Crippen LogP contribution in [0.15, 0.2) is 48.5 Å². The van der Waals surface area contributed by atoms with Crippen LogP contribution < -0.4 is 10.6 Å². The van der Waals surface area contributed by atoms with Crippen LogP contribution in [0, 0.1) is 5.92 Å². The Morgan fingerprint density at radius 3 is 2.09 bits per heavy atom. The summed E-state index contributed by atoms with van der Waals surface area (Å²) in [6, 6.07) is 14.6. The van der Waals surface area contributed by atoms with Gasteiger partial charge in [0.05, 0.1) is 7.11 Å². The molecular formula is C26H32N2O5S. The zero-order valence-electron chi connectivity index (χ0n) is 20.0. The quantitative estimate of drug-likeness (QED) is 0.496. The third kappa shape index (κ3) is 5.91. The van der Waals surface area contributed by atoms with E-state index in [1.54, 1.807) is 11.8 Å². The molecule has 2 aromatic carbocycles. The number of benzene rings is 2. The molecule has 2 amide bonds. The molecule has 34 heavy (non-hydrogen) atoms. The molecule has 1 aliphatic rings. The van der Waals surface area contributed by atoms with Crippen molar-refractivity contribution < 1.29 is 23.9 Å². The number of amides is 2. The van der Waals surface area contributed by atoms with Crippen LogP contribution in [0.5, 0.6) is 0 Å². The second kappa shape index (κ2) is 11.9. The first kappa shape index (κ1) is 25.6. The lowest BCUT2D eigenvalue weighted by Crippen LogP contribution is -2.53. The van der Waals surface area contributed by atoms with Gasteiger partial charge in [-0.15, -0.1) is 0 Å². The van der Waals surface area contributed by atoms with E-state index in [-0.39, 0.29) is 18.4 Å². The molecule has 0 unspecified atom stereocenters. The van der Waals surface area contributed by atoms with Gasteiger partial charge in [-0.2, -0.15) is 11.8 Å². The van der Waals surface area contributed by atoms with E-state index in [9.17, 15) is 14.4 Å². The average molecular weight is 485 g/mol. The fraction of sp³-hybridized carbons (Fsp3) is 0.423. The van der Waals surface area contributed by atoms with E-state index in [0.29, 0.717) is 12.2 Å². The highest BCUT2D eigenvalue weighted by Crippen LogP contribution is 2.44. The van der Waals surface area contributed by atoms with Gasteiger partial charge >= 0.3 is 12.1 Å². The number of ether oxygens (including phenoxy) is 2. The highest BCUT2D eigenvalue weighted by atomic mass is 32.2. The lowest BCUT2D eigenvalue weighted by Gasteiger charge is -2.24. The normalized spacial score (nSPS) is 14.0. The summed E-state index contributed by atoms with van der Waals surface area (Å²) in [5.74, 6) is -0.528. The Morgan fingerprint density at radius 2 is 1.56 bits per heavy atom. The Balaban J connectivity index is 1.66. The molecule has 0 spiro atoms. The minimum Gasteiger partial charge on any atom is -0.467 e. The largest absolute Gasteiger partial charge is 0.467 e. The Labute approximate surface area is 205 Å². The van der Waals surface area contributed by atoms with Crippen LogP contribution >= 0.6 is 11.8 Å². The number of methoxy groups -OCH3 is 1. The third-order valence-corrected chi connectivity index (χ3v) is 6.63. The van der Waals surface area contributed by atoms with Crippen molar-refractivity contribution in [1.29, 1.82) is 0 Å². The van der Waals surface area contributed by atoms with Gasteiger partial charge in [-0.1, -0.05) is 62.4 Å². The molecule has 7 nitrogen and oxygen atoms in total. The van der Waals surface area contributed by atoms with E-state index in [2.05, 4.69) is 34.9 Å². The van der Waals surface area contributed by atoms with Crippen LogP contribution in [0.1, 0.15) is 37.3 Å². The summed E-state index contributed by atoms with van der Waals surface area (Å²) in [4.78, 5) is 37.7. The minimum absolute atomic E-state index is 0.0683. The van der Waals surface area contributed by atoms with Crippen LogP contribution in [0.25, 0.3) is 11.1 Å². The molecular weight excluding hydrogens is 452 g/mol. The van der Waals surface area contributed by atoms with Crippen molar-refractivity contribution in [3.05, 3.63) is 59.7 Å². The summed E-state index contributed by atoms with van der Waals surface area (Å²) in [6.07, 6.45) is 1.67. The summed E-state index contributed by atoms with van der Waals surface area (Å²) in [7, 11) is 1.28. The predicted molar refractivity (Wildman–Crippen MR) is 134 cm³/mol. The number of carbonyl (C=O) groups is 3. The zero-order valence-corrected chi connectivity index (χ0v) is 20.8. The lowest BCUT2D eigenvalue weighted by molar-refractivity contribution is -0.146. The minimum atomic E-state index is -0.825. The van der Waals surface area contributed by atoms with Crippen LogP contribution in [0.4, 0.5) is 4.79 Å². The Hall–Kier alpha value is -3.00. The van der Waals surface area contributed by atoms with Crippen molar-refractivity contribution in [1.82, 2.24) is 10.6 Å². The monoisotopic (exact) mass is 484 g/mol. The molecule has 1 aliphatic carbocycles. The molecule has 8 heteroatoms. The molecule has 0 radical (unpaired) electrons. The van der Waals surface area contributed by atoms with Crippen molar-refractivity contribution in [2.75, 3.05) is 25.7 Å². The van der Waals surface area contributed by atoms with Crippen molar-refractivity contribution in [2.24, 2.45) is 5.92 Å². The number of nitrogens with one attached hydrogen (secondary N) is 2. The van der Waals surface area contributed by atoms with Crippen LogP contribution in [0.2, 0.25) is 0 Å². The fourth-order valence-corrected chi connectivity index (χ4v) is 4.64. The Morgan fingerprint density at radius 1 is 0.971 bits per heavy atom. The van der Waals surface area contributed by atoms with Gasteiger partial charge in [0, 0.05) is 5.92 Å². The van der Waals surface area contributed by atoms with Gasteiger partial charge in [-0.05, 0) is 46.6 Å². The molecule has 2 N–H and O–H groups in total. The number of hydrogen-bond donors (Lipinski definition) is 2. The Kier molecular flexibility index (Phi) is 8.98. The maximum Gasteiger partial charge on any atom is 0.407 e. The highest BCUT2D eigenvalue weighted by Gasteiger charge is 2.31. The average Bonchev–Trinajstić information content (AvgIpc) is 3.16. The van der Waals surface area contributed by atoms with Gasteiger partial charge in [-0.3, -0.25) is 4.79 Å². The smallest absolute Gasteiger partial charge is 0.407 e. The maximum absolute atomic E-state index is 12.9. The molecule has 0 bridgehead atoms. The highest BCUT2D eigenvalue weighted by molar-refractivity contribution is 7.98. The second-order valence-electron chi connectivity index (χ2n) is 8.56. The lowest BCUT2D eigenvalue weighted by atomic mass is 9.98. The van der Waals surface area contributed by atoms with E-state index in [4.69, 9.17) is 9.47 Å². The van der Waals surface area contributed by atoms with Gasteiger partial charge < -0.3 is 20.1 Å². The van der Waals surface area contributed by atoms with Crippen LogP contribution in [-0.4, -0.2) is 55.8 Å². The topological polar surface area (TPSA) is 93.7 Å². The first-order chi connectivity index (χ1) is 16.4. The van der Waals surface area contributed by atoms with E-state index in [1.165, 1.54) is 7.11 Å². The summed E-state index contributed by atoms with van der Waals surface area (Å²) in [6.45, 7) is 3.79. The number of hydrogen-bond acceptors (Lipinski definition) is 6. The summed E-state index contributed by atoms with van der Waals surface area (Å²) in [5, 5.41) is 5.40. The van der Waals surface area contributed by atoms with Crippen molar-refractivity contribution in [2.45, 2.75) is 38.3 Å². The molecule has 2 atom stereocenters. The zero-order chi connectivity index (χ0) is 24.7. The number of thioether (sulfide) groups is 1. The van der Waals surface area contributed by atoms with Gasteiger partial charge in [0.2, 0.25) is 5.91 Å². The molecule has 0 aromatic heterocycles. The molecule has 182 valence electrons. The molecule has 0 saturated heterocycles. The molecule has 0 aliphatic heterocycles. The second-order valence-corrected chi connectivity index (χ2v) is 9.54. The van der Waals surface area contributed by atoms with Crippen molar-refractivity contribution in [3.63, 3.8) is 0 Å². The Bertz CT molecular complexity index is 980. The fourth-order valence-electron chi connectivity index (χ4n) is 4.17. The van der Waals surface area contributed by atoms with E-state index >= 15 is 0 Å². The summed E-state index contributed by atoms with van der Waals surface area (Å²) < 4.78 is 10.4. The molecule has 2 aromatic rings. The summed E-state index contributed by atoms with van der Waals surface area (Å²) in [5.41, 5.74) is 4.52. The standard InChI is InChI=1S/C26H32N2O5S/c1-16(2)23(25(30)32-3)28-24(29)22(13-14-34-4)27-26(31)33-15-21-19-11-7-5-9-17(19)18-10-6-8-12-20(18)21/h5-12,16,21-23H,13-15H2,1-4H3,(H,27,31)(H,28,29)/t22-,23-/m0/s1. The van der Waals surface area contributed by atoms with Gasteiger partial charge in [0.1, 0.15) is 18.7 Å². The first-order valence-electron chi connectivity index (χ1n) is 11.4. The number of esters is 1. The number of rotatable bonds is 10. The molecule has 0 saturated carbocycles. The van der Waals surface area contributed by atoms with Crippen molar-refractivity contribution in [3.8, 4) is 11.1 Å². The molecule has 0 heterocycles. The number of alkyl carbamates (subject to hydrolysis) is 1. The van der Waals surface area contributed by atoms with E-state index in [1.807, 2.05) is 44.4 Å². The van der Waals surface area contributed by atoms with Crippen LogP contribution in [0.3, 0.4) is 0 Å². The van der Waals surface area contributed by atoms with Gasteiger partial charge in [-0.25, -0.2) is 9.59 Å². The van der Waals surface area contributed by atoms with Crippen LogP contribution in [-0.2, 0) is 19.1 Å². The van der Waals surface area contributed by atoms with Gasteiger partial charge in [0.25, 0.3) is 0 Å². The third-order valence-electron chi connectivity index (χ3n) is 5.98. The van der Waals surface area contributed by atoms with Crippen molar-refractivity contribution >= 4 is 29.7 Å². The molecule has 0 fully saturated rings. The van der Waals surface area contributed by atoms with Gasteiger partial charge in [0.15, 0.2) is 0 Å². The predicted octanol–water partition coefficient (Wildman–Crippen LogP) is 3.96. The molecule has 3 rings (SSSR count). The van der Waals surface area contributed by atoms with E-state index < -0.39 is 30.1 Å².